The Morgan fingerprint density at radius 2 is 1.82 bits per heavy atom. The summed E-state index contributed by atoms with van der Waals surface area (Å²) in [5.41, 5.74) is 3.27. The van der Waals surface area contributed by atoms with Gasteiger partial charge in [0.1, 0.15) is 0 Å². The van der Waals surface area contributed by atoms with Crippen LogP contribution in [0.5, 0.6) is 0 Å². The lowest BCUT2D eigenvalue weighted by Gasteiger charge is -2.12. The van der Waals surface area contributed by atoms with Gasteiger partial charge in [0.2, 0.25) is 5.91 Å². The quantitative estimate of drug-likeness (QED) is 0.617. The second kappa shape index (κ2) is 8.29. The van der Waals surface area contributed by atoms with Crippen LogP contribution in [0.2, 0.25) is 5.02 Å². The molecule has 2 aromatic carbocycles. The molecule has 1 amide bonds. The van der Waals surface area contributed by atoms with Crippen molar-refractivity contribution in [3.63, 3.8) is 0 Å². The molecule has 146 valence electrons. The number of hydrogen-bond donors (Lipinski definition) is 1. The van der Waals surface area contributed by atoms with E-state index in [1.165, 1.54) is 30.3 Å². The van der Waals surface area contributed by atoms with E-state index in [1.807, 2.05) is 50.2 Å². The Labute approximate surface area is 173 Å². The number of fused-ring (bicyclic) bond motifs is 1. The van der Waals surface area contributed by atoms with E-state index in [9.17, 15) is 9.59 Å². The standard InChI is InChI=1S/C21H21ClN2O3S/c1-5-15-6-11-18-19(20(15)23-13(3)25)21(12(2)24(18)27-14(4)26)28-17-9-7-16(22)8-10-17/h6-11H,5H2,1-4H3,(H,23,25). The zero-order valence-corrected chi connectivity index (χ0v) is 17.7. The van der Waals surface area contributed by atoms with Gasteiger partial charge in [-0.1, -0.05) is 36.4 Å². The van der Waals surface area contributed by atoms with Crippen molar-refractivity contribution in [1.29, 1.82) is 0 Å². The zero-order chi connectivity index (χ0) is 20.4. The molecule has 0 aliphatic heterocycles. The molecule has 0 unspecified atom stereocenters. The van der Waals surface area contributed by atoms with Crippen LogP contribution < -0.4 is 10.2 Å². The molecule has 0 saturated heterocycles. The Hall–Kier alpha value is -2.44. The molecule has 3 aromatic rings. The normalized spacial score (nSPS) is 10.9. The van der Waals surface area contributed by atoms with Crippen LogP contribution >= 0.6 is 23.4 Å². The van der Waals surface area contributed by atoms with Crippen LogP contribution in [0.25, 0.3) is 10.9 Å². The van der Waals surface area contributed by atoms with Crippen molar-refractivity contribution in [3.8, 4) is 0 Å². The predicted octanol–water partition coefficient (Wildman–Crippen LogP) is 5.25. The Bertz CT molecular complexity index is 1060. The highest BCUT2D eigenvalue weighted by molar-refractivity contribution is 7.99. The number of nitrogens with one attached hydrogen (secondary N) is 1. The van der Waals surface area contributed by atoms with E-state index in [1.54, 1.807) is 0 Å². The van der Waals surface area contributed by atoms with E-state index >= 15 is 0 Å². The van der Waals surface area contributed by atoms with Crippen LogP contribution in [0.1, 0.15) is 32.0 Å². The fraction of sp³-hybridized carbons (Fsp3) is 0.238. The molecule has 5 nitrogen and oxygen atoms in total. The van der Waals surface area contributed by atoms with Gasteiger partial charge in [0.25, 0.3) is 0 Å². The number of amides is 1. The number of carbonyl (C=O) groups is 2. The third-order valence-corrected chi connectivity index (χ3v) is 5.75. The maximum atomic E-state index is 11.9. The summed E-state index contributed by atoms with van der Waals surface area (Å²) in [6.45, 7) is 6.78. The number of rotatable bonds is 5. The van der Waals surface area contributed by atoms with Crippen LogP contribution in [0, 0.1) is 6.92 Å². The van der Waals surface area contributed by atoms with E-state index < -0.39 is 5.97 Å². The van der Waals surface area contributed by atoms with Crippen LogP contribution in [0.3, 0.4) is 0 Å². The van der Waals surface area contributed by atoms with Crippen molar-refractivity contribution in [3.05, 3.63) is 52.7 Å². The van der Waals surface area contributed by atoms with Gasteiger partial charge in [-0.3, -0.25) is 4.79 Å². The van der Waals surface area contributed by atoms with Gasteiger partial charge < -0.3 is 10.2 Å². The largest absolute Gasteiger partial charge is 0.337 e. The van der Waals surface area contributed by atoms with Crippen molar-refractivity contribution >= 4 is 51.8 Å². The van der Waals surface area contributed by atoms with E-state index in [2.05, 4.69) is 5.32 Å². The molecule has 0 saturated carbocycles. The first-order chi connectivity index (χ1) is 13.3. The lowest BCUT2D eigenvalue weighted by atomic mass is 10.1. The first-order valence-corrected chi connectivity index (χ1v) is 10.1. The number of nitrogens with zero attached hydrogens (tertiary/aromatic N) is 1. The Balaban J connectivity index is 2.29. The van der Waals surface area contributed by atoms with Crippen LogP contribution in [0.4, 0.5) is 5.69 Å². The molecule has 0 spiro atoms. The molecular weight excluding hydrogens is 396 g/mol. The Kier molecular flexibility index (Phi) is 6.01. The van der Waals surface area contributed by atoms with Gasteiger partial charge in [-0.25, -0.2) is 4.79 Å². The minimum absolute atomic E-state index is 0.150. The van der Waals surface area contributed by atoms with Crippen molar-refractivity contribution in [2.45, 2.75) is 43.9 Å². The summed E-state index contributed by atoms with van der Waals surface area (Å²) in [5, 5.41) is 4.49. The number of anilines is 1. The topological polar surface area (TPSA) is 60.3 Å². The summed E-state index contributed by atoms with van der Waals surface area (Å²) in [7, 11) is 0. The molecule has 0 aliphatic carbocycles. The van der Waals surface area contributed by atoms with Crippen molar-refractivity contribution in [2.24, 2.45) is 0 Å². The number of hydrogen-bond acceptors (Lipinski definition) is 4. The highest BCUT2D eigenvalue weighted by Gasteiger charge is 2.22. The van der Waals surface area contributed by atoms with E-state index in [0.29, 0.717) is 5.02 Å². The molecular formula is C21H21ClN2O3S. The van der Waals surface area contributed by atoms with Crippen molar-refractivity contribution in [2.75, 3.05) is 5.32 Å². The summed E-state index contributed by atoms with van der Waals surface area (Å²) in [5.74, 6) is -0.564. The molecule has 0 aliphatic rings. The molecule has 0 bridgehead atoms. The summed E-state index contributed by atoms with van der Waals surface area (Å²) in [6.07, 6.45) is 0.758. The SMILES string of the molecule is CCc1ccc2c(c1NC(C)=O)c(Sc1ccc(Cl)cc1)c(C)n2OC(C)=O. The van der Waals surface area contributed by atoms with Crippen molar-refractivity contribution in [1.82, 2.24) is 4.73 Å². The maximum absolute atomic E-state index is 11.9. The van der Waals surface area contributed by atoms with E-state index in [4.69, 9.17) is 16.4 Å². The first kappa shape index (κ1) is 20.3. The van der Waals surface area contributed by atoms with Gasteiger partial charge in [0.05, 0.1) is 16.9 Å². The van der Waals surface area contributed by atoms with Crippen LogP contribution in [-0.4, -0.2) is 16.6 Å². The lowest BCUT2D eigenvalue weighted by Crippen LogP contribution is -2.17. The van der Waals surface area contributed by atoms with Gasteiger partial charge in [-0.15, -0.1) is 0 Å². The fourth-order valence-corrected chi connectivity index (χ4v) is 4.27. The van der Waals surface area contributed by atoms with Crippen molar-refractivity contribution < 1.29 is 14.4 Å². The zero-order valence-electron chi connectivity index (χ0n) is 16.1. The molecule has 1 aromatic heterocycles. The third kappa shape index (κ3) is 4.03. The van der Waals surface area contributed by atoms with Gasteiger partial charge in [-0.05, 0) is 49.2 Å². The minimum atomic E-state index is -0.413. The third-order valence-electron chi connectivity index (χ3n) is 4.28. The maximum Gasteiger partial charge on any atom is 0.329 e. The Morgan fingerprint density at radius 3 is 2.39 bits per heavy atom. The molecule has 7 heteroatoms. The lowest BCUT2D eigenvalue weighted by molar-refractivity contribution is -0.141. The number of aromatic nitrogens is 1. The molecule has 3 rings (SSSR count). The highest BCUT2D eigenvalue weighted by atomic mass is 35.5. The predicted molar refractivity (Wildman–Crippen MR) is 113 cm³/mol. The molecule has 1 N–H and O–H groups in total. The summed E-state index contributed by atoms with van der Waals surface area (Å²) < 4.78 is 1.53. The number of halogens is 1. The van der Waals surface area contributed by atoms with Crippen LogP contribution in [0.15, 0.2) is 46.2 Å². The first-order valence-electron chi connectivity index (χ1n) is 8.88. The summed E-state index contributed by atoms with van der Waals surface area (Å²) in [4.78, 5) is 30.9. The second-order valence-electron chi connectivity index (χ2n) is 6.38. The highest BCUT2D eigenvalue weighted by Crippen LogP contribution is 2.43. The fourth-order valence-electron chi connectivity index (χ4n) is 3.09. The average molecular weight is 417 g/mol. The van der Waals surface area contributed by atoms with E-state index in [0.717, 1.165) is 44.1 Å². The van der Waals surface area contributed by atoms with E-state index in [-0.39, 0.29) is 5.91 Å². The number of aryl methyl sites for hydroxylation is 1. The summed E-state index contributed by atoms with van der Waals surface area (Å²) in [6, 6.07) is 11.4. The summed E-state index contributed by atoms with van der Waals surface area (Å²) >= 11 is 7.54. The van der Waals surface area contributed by atoms with Gasteiger partial charge in [0.15, 0.2) is 0 Å². The molecule has 28 heavy (non-hydrogen) atoms. The van der Waals surface area contributed by atoms with Gasteiger partial charge in [-0.2, -0.15) is 4.73 Å². The second-order valence-corrected chi connectivity index (χ2v) is 7.90. The van der Waals surface area contributed by atoms with Gasteiger partial charge in [0, 0.05) is 34.0 Å². The molecule has 0 fully saturated rings. The van der Waals surface area contributed by atoms with Gasteiger partial charge >= 0.3 is 5.97 Å². The average Bonchev–Trinajstić information content (AvgIpc) is 2.89. The monoisotopic (exact) mass is 416 g/mol. The van der Waals surface area contributed by atoms with Crippen LogP contribution in [-0.2, 0) is 16.0 Å². The smallest absolute Gasteiger partial charge is 0.329 e. The minimum Gasteiger partial charge on any atom is -0.337 e. The molecule has 0 atom stereocenters. The Morgan fingerprint density at radius 1 is 1.14 bits per heavy atom. The molecule has 1 heterocycles. The number of benzene rings is 2. The number of carbonyl (C=O) groups excluding carboxylic acids is 2. The molecule has 0 radical (unpaired) electrons.